The molecule has 0 saturated carbocycles. The third-order valence-corrected chi connectivity index (χ3v) is 2.19. The van der Waals surface area contributed by atoms with Gasteiger partial charge in [-0.25, -0.2) is 0 Å². The Kier molecular flexibility index (Phi) is 6.37. The topological polar surface area (TPSA) is 47.0 Å². The zero-order valence-electron chi connectivity index (χ0n) is 9.72. The van der Waals surface area contributed by atoms with E-state index in [9.17, 15) is 0 Å². The summed E-state index contributed by atoms with van der Waals surface area (Å²) in [5.41, 5.74) is 0.952. The van der Waals surface area contributed by atoms with Crippen molar-refractivity contribution in [2.45, 2.75) is 19.4 Å². The van der Waals surface area contributed by atoms with Crippen molar-refractivity contribution in [1.29, 1.82) is 0 Å². The summed E-state index contributed by atoms with van der Waals surface area (Å²) in [6, 6.07) is 0.205. The van der Waals surface area contributed by atoms with E-state index >= 15 is 0 Å². The van der Waals surface area contributed by atoms with Crippen LogP contribution in [-0.2, 0) is 4.74 Å². The van der Waals surface area contributed by atoms with E-state index in [0.717, 1.165) is 25.3 Å². The standard InChI is InChI=1S/C12H19N3O/c1-3-4-8-16-9-7-14-11(2)12-10-13-5-6-15-12/h3,5-6,10-11,14H,1,4,7-9H2,2H3. The van der Waals surface area contributed by atoms with Crippen LogP contribution in [0.15, 0.2) is 31.2 Å². The van der Waals surface area contributed by atoms with Gasteiger partial charge in [-0.2, -0.15) is 0 Å². The summed E-state index contributed by atoms with van der Waals surface area (Å²) in [5.74, 6) is 0. The molecule has 0 saturated heterocycles. The summed E-state index contributed by atoms with van der Waals surface area (Å²) in [5, 5.41) is 3.32. The predicted octanol–water partition coefficient (Wildman–Crippen LogP) is 1.72. The minimum Gasteiger partial charge on any atom is -0.380 e. The van der Waals surface area contributed by atoms with Gasteiger partial charge in [0.25, 0.3) is 0 Å². The zero-order chi connectivity index (χ0) is 11.6. The first kappa shape index (κ1) is 12.8. The maximum Gasteiger partial charge on any atom is 0.0753 e. The van der Waals surface area contributed by atoms with Gasteiger partial charge in [-0.3, -0.25) is 9.97 Å². The molecular formula is C12H19N3O. The van der Waals surface area contributed by atoms with E-state index in [4.69, 9.17) is 4.74 Å². The van der Waals surface area contributed by atoms with E-state index < -0.39 is 0 Å². The molecule has 1 aromatic heterocycles. The molecule has 0 aromatic carbocycles. The molecule has 1 unspecified atom stereocenters. The highest BCUT2D eigenvalue weighted by Crippen LogP contribution is 2.05. The Morgan fingerprint density at radius 3 is 3.06 bits per heavy atom. The van der Waals surface area contributed by atoms with Crippen LogP contribution < -0.4 is 5.32 Å². The molecule has 0 radical (unpaired) electrons. The fraction of sp³-hybridized carbons (Fsp3) is 0.500. The Labute approximate surface area is 96.8 Å². The van der Waals surface area contributed by atoms with E-state index in [1.54, 1.807) is 18.6 Å². The molecule has 0 spiro atoms. The quantitative estimate of drug-likeness (QED) is 0.536. The number of hydrogen-bond acceptors (Lipinski definition) is 4. The number of hydrogen-bond donors (Lipinski definition) is 1. The molecule has 0 amide bonds. The van der Waals surface area contributed by atoms with E-state index in [-0.39, 0.29) is 6.04 Å². The molecule has 0 fully saturated rings. The van der Waals surface area contributed by atoms with Crippen LogP contribution in [0.1, 0.15) is 25.1 Å². The Hall–Kier alpha value is -1.26. The number of rotatable bonds is 8. The molecule has 0 aliphatic carbocycles. The van der Waals surface area contributed by atoms with Gasteiger partial charge in [0.1, 0.15) is 0 Å². The second-order valence-corrected chi connectivity index (χ2v) is 3.50. The van der Waals surface area contributed by atoms with Crippen LogP contribution in [0.5, 0.6) is 0 Å². The Bertz CT molecular complexity index is 290. The number of nitrogens with zero attached hydrogens (tertiary/aromatic N) is 2. The summed E-state index contributed by atoms with van der Waals surface area (Å²) in [6.45, 7) is 7.96. The van der Waals surface area contributed by atoms with Crippen molar-refractivity contribution in [2.75, 3.05) is 19.8 Å². The molecule has 1 rings (SSSR count). The van der Waals surface area contributed by atoms with Crippen molar-refractivity contribution < 1.29 is 4.74 Å². The average molecular weight is 221 g/mol. The average Bonchev–Trinajstić information content (AvgIpc) is 2.34. The van der Waals surface area contributed by atoms with Gasteiger partial charge in [-0.1, -0.05) is 6.08 Å². The van der Waals surface area contributed by atoms with Gasteiger partial charge in [0.15, 0.2) is 0 Å². The molecule has 1 atom stereocenters. The first-order valence-electron chi connectivity index (χ1n) is 5.52. The third-order valence-electron chi connectivity index (χ3n) is 2.19. The minimum absolute atomic E-state index is 0.205. The summed E-state index contributed by atoms with van der Waals surface area (Å²) in [6.07, 6.45) is 7.91. The highest BCUT2D eigenvalue weighted by molar-refractivity contribution is 5.00. The molecule has 16 heavy (non-hydrogen) atoms. The third kappa shape index (κ3) is 5.00. The predicted molar refractivity (Wildman–Crippen MR) is 64.1 cm³/mol. The largest absolute Gasteiger partial charge is 0.380 e. The van der Waals surface area contributed by atoms with Crippen molar-refractivity contribution in [3.8, 4) is 0 Å². The number of nitrogens with one attached hydrogen (secondary N) is 1. The zero-order valence-corrected chi connectivity index (χ0v) is 9.72. The SMILES string of the molecule is C=CCCOCCNC(C)c1cnccn1. The molecule has 4 nitrogen and oxygen atoms in total. The second-order valence-electron chi connectivity index (χ2n) is 3.50. The Balaban J connectivity index is 2.11. The van der Waals surface area contributed by atoms with E-state index in [1.807, 2.05) is 6.08 Å². The van der Waals surface area contributed by atoms with Crippen LogP contribution in [0.2, 0.25) is 0 Å². The van der Waals surface area contributed by atoms with Crippen molar-refractivity contribution in [3.05, 3.63) is 36.9 Å². The van der Waals surface area contributed by atoms with Gasteiger partial charge in [-0.15, -0.1) is 6.58 Å². The second kappa shape index (κ2) is 7.96. The Morgan fingerprint density at radius 2 is 2.38 bits per heavy atom. The van der Waals surface area contributed by atoms with E-state index in [0.29, 0.717) is 6.61 Å². The number of ether oxygens (including phenoxy) is 1. The molecule has 0 aliphatic heterocycles. The van der Waals surface area contributed by atoms with Gasteiger partial charge in [0, 0.05) is 31.2 Å². The first-order valence-corrected chi connectivity index (χ1v) is 5.52. The van der Waals surface area contributed by atoms with E-state index in [2.05, 4.69) is 28.8 Å². The molecule has 1 N–H and O–H groups in total. The summed E-state index contributed by atoms with van der Waals surface area (Å²) < 4.78 is 5.39. The van der Waals surface area contributed by atoms with Crippen LogP contribution in [0.4, 0.5) is 0 Å². The van der Waals surface area contributed by atoms with Crippen molar-refractivity contribution in [1.82, 2.24) is 15.3 Å². The maximum absolute atomic E-state index is 5.39. The highest BCUT2D eigenvalue weighted by Gasteiger charge is 2.04. The molecule has 88 valence electrons. The summed E-state index contributed by atoms with van der Waals surface area (Å²) in [4.78, 5) is 8.26. The van der Waals surface area contributed by atoms with Crippen LogP contribution in [0.25, 0.3) is 0 Å². The molecule has 0 bridgehead atoms. The van der Waals surface area contributed by atoms with Gasteiger partial charge in [0.05, 0.1) is 18.9 Å². The van der Waals surface area contributed by atoms with Crippen LogP contribution in [0.3, 0.4) is 0 Å². The lowest BCUT2D eigenvalue weighted by Gasteiger charge is -2.12. The summed E-state index contributed by atoms with van der Waals surface area (Å²) in [7, 11) is 0. The first-order chi connectivity index (χ1) is 7.84. The smallest absolute Gasteiger partial charge is 0.0753 e. The van der Waals surface area contributed by atoms with Gasteiger partial charge in [-0.05, 0) is 13.3 Å². The molecule has 1 aromatic rings. The van der Waals surface area contributed by atoms with E-state index in [1.165, 1.54) is 0 Å². The Morgan fingerprint density at radius 1 is 1.50 bits per heavy atom. The van der Waals surface area contributed by atoms with Gasteiger partial charge in [0.2, 0.25) is 0 Å². The van der Waals surface area contributed by atoms with Gasteiger partial charge < -0.3 is 10.1 Å². The fourth-order valence-corrected chi connectivity index (χ4v) is 1.26. The monoisotopic (exact) mass is 221 g/mol. The van der Waals surface area contributed by atoms with Crippen LogP contribution in [-0.4, -0.2) is 29.7 Å². The number of aromatic nitrogens is 2. The lowest BCUT2D eigenvalue weighted by atomic mass is 10.2. The maximum atomic E-state index is 5.39. The van der Waals surface area contributed by atoms with Crippen LogP contribution in [0, 0.1) is 0 Å². The molecule has 1 heterocycles. The lowest BCUT2D eigenvalue weighted by Crippen LogP contribution is -2.24. The van der Waals surface area contributed by atoms with Crippen molar-refractivity contribution in [2.24, 2.45) is 0 Å². The fourth-order valence-electron chi connectivity index (χ4n) is 1.26. The van der Waals surface area contributed by atoms with Crippen molar-refractivity contribution in [3.63, 3.8) is 0 Å². The lowest BCUT2D eigenvalue weighted by molar-refractivity contribution is 0.138. The van der Waals surface area contributed by atoms with Crippen molar-refractivity contribution >= 4 is 0 Å². The minimum atomic E-state index is 0.205. The van der Waals surface area contributed by atoms with Crippen LogP contribution >= 0.6 is 0 Å². The summed E-state index contributed by atoms with van der Waals surface area (Å²) >= 11 is 0. The molecule has 0 aliphatic rings. The highest BCUT2D eigenvalue weighted by atomic mass is 16.5. The van der Waals surface area contributed by atoms with Gasteiger partial charge >= 0.3 is 0 Å². The molecule has 4 heteroatoms. The normalized spacial score (nSPS) is 12.3. The molecular weight excluding hydrogens is 202 g/mol.